The number of hydrogen-bond acceptors (Lipinski definition) is 10. The molecule has 0 bridgehead atoms. The van der Waals surface area contributed by atoms with E-state index in [1.54, 1.807) is 38.5 Å². The predicted molar refractivity (Wildman–Crippen MR) is 134 cm³/mol. The van der Waals surface area contributed by atoms with Crippen LogP contribution in [0, 0.1) is 11.8 Å². The average molecular weight is 522 g/mol. The van der Waals surface area contributed by atoms with Crippen LogP contribution in [0.4, 0.5) is 0 Å². The van der Waals surface area contributed by atoms with Gasteiger partial charge in [-0.25, -0.2) is 4.98 Å². The van der Waals surface area contributed by atoms with Crippen molar-refractivity contribution in [2.24, 2.45) is 17.6 Å². The second kappa shape index (κ2) is 8.67. The number of carbonyl (C=O) groups is 3. The number of ketones is 2. The lowest BCUT2D eigenvalue weighted by Gasteiger charge is -2.50. The molecule has 0 unspecified atom stereocenters. The number of likely N-dealkylation sites (N-methyl/N-ethyl adjacent to an activating group) is 1. The number of rotatable bonds is 4. The van der Waals surface area contributed by atoms with Crippen molar-refractivity contribution >= 4 is 23.2 Å². The SMILES string of the molecule is COc1ccc(-c2ccc(O)c3c2C[C@H]2C[C@H]4[C@H](N(C)C)C(=O)C(C(N)=O)=C(O)[C@@]4(O)C(=O)C2=C3O)cn1. The number of ether oxygens (including phenoxy) is 1. The lowest BCUT2D eigenvalue weighted by molar-refractivity contribution is -0.153. The van der Waals surface area contributed by atoms with Crippen LogP contribution in [0.15, 0.2) is 47.4 Å². The summed E-state index contributed by atoms with van der Waals surface area (Å²) >= 11 is 0. The van der Waals surface area contributed by atoms with Crippen LogP contribution in [-0.2, 0) is 20.8 Å². The van der Waals surface area contributed by atoms with Crippen molar-refractivity contribution in [3.8, 4) is 22.8 Å². The molecule has 5 rings (SSSR count). The summed E-state index contributed by atoms with van der Waals surface area (Å²) in [6.07, 6.45) is 1.79. The number of Topliss-reactive ketones (excluding diaryl/α,β-unsaturated/α-hetero) is 2. The molecule has 198 valence electrons. The van der Waals surface area contributed by atoms with E-state index in [2.05, 4.69) is 4.98 Å². The summed E-state index contributed by atoms with van der Waals surface area (Å²) in [6.45, 7) is 0. The van der Waals surface area contributed by atoms with Gasteiger partial charge in [0.25, 0.3) is 5.91 Å². The molecule has 3 aliphatic carbocycles. The van der Waals surface area contributed by atoms with Crippen molar-refractivity contribution in [3.05, 3.63) is 58.5 Å². The van der Waals surface area contributed by atoms with Crippen LogP contribution in [0.5, 0.6) is 11.6 Å². The van der Waals surface area contributed by atoms with Crippen LogP contribution in [0.1, 0.15) is 17.5 Å². The molecule has 38 heavy (non-hydrogen) atoms. The first kappa shape index (κ1) is 25.4. The third-order valence-electron chi connectivity index (χ3n) is 7.86. The Kier molecular flexibility index (Phi) is 5.80. The maximum absolute atomic E-state index is 13.9. The minimum Gasteiger partial charge on any atom is -0.508 e. The number of aliphatic hydroxyl groups excluding tert-OH is 2. The summed E-state index contributed by atoms with van der Waals surface area (Å²) in [6, 6.07) is 5.36. The first-order chi connectivity index (χ1) is 17.9. The molecular formula is C27H27N3O8. The van der Waals surface area contributed by atoms with Gasteiger partial charge in [-0.1, -0.05) is 6.07 Å². The zero-order valence-corrected chi connectivity index (χ0v) is 20.9. The first-order valence-corrected chi connectivity index (χ1v) is 11.9. The Hall–Kier alpha value is -4.22. The largest absolute Gasteiger partial charge is 0.508 e. The van der Waals surface area contributed by atoms with Gasteiger partial charge >= 0.3 is 0 Å². The zero-order chi connectivity index (χ0) is 27.7. The Morgan fingerprint density at radius 1 is 1.16 bits per heavy atom. The van der Waals surface area contributed by atoms with Gasteiger partial charge in [0, 0.05) is 29.3 Å². The van der Waals surface area contributed by atoms with E-state index >= 15 is 0 Å². The van der Waals surface area contributed by atoms with Gasteiger partial charge in [0.05, 0.1) is 18.7 Å². The van der Waals surface area contributed by atoms with Gasteiger partial charge in [0.2, 0.25) is 11.7 Å². The maximum Gasteiger partial charge on any atom is 0.255 e. The Labute approximate surface area is 217 Å². The molecule has 0 radical (unpaired) electrons. The number of pyridine rings is 1. The molecular weight excluding hydrogens is 494 g/mol. The van der Waals surface area contributed by atoms with Gasteiger partial charge in [-0.3, -0.25) is 19.3 Å². The lowest BCUT2D eigenvalue weighted by atomic mass is 9.57. The summed E-state index contributed by atoms with van der Waals surface area (Å²) in [5, 5.41) is 44.6. The topological polar surface area (TPSA) is 184 Å². The summed E-state index contributed by atoms with van der Waals surface area (Å²) in [5.74, 6) is -6.44. The highest BCUT2D eigenvalue weighted by Crippen LogP contribution is 2.53. The van der Waals surface area contributed by atoms with Crippen LogP contribution in [-0.4, -0.2) is 80.6 Å². The fraction of sp³-hybridized carbons (Fsp3) is 0.333. The van der Waals surface area contributed by atoms with Crippen molar-refractivity contribution in [1.82, 2.24) is 9.88 Å². The number of nitrogens with zero attached hydrogens (tertiary/aromatic N) is 2. The number of aliphatic hydroxyl groups is 3. The molecule has 0 aliphatic heterocycles. The smallest absolute Gasteiger partial charge is 0.255 e. The molecule has 2 aromatic rings. The third kappa shape index (κ3) is 3.35. The number of carbonyl (C=O) groups excluding carboxylic acids is 3. The minimum atomic E-state index is -2.67. The number of fused-ring (bicyclic) bond motifs is 3. The number of amides is 1. The molecule has 1 aromatic carbocycles. The van der Waals surface area contributed by atoms with Crippen molar-refractivity contribution in [3.63, 3.8) is 0 Å². The number of nitrogens with two attached hydrogens (primary N) is 1. The number of primary amides is 1. The summed E-state index contributed by atoms with van der Waals surface area (Å²) in [5.41, 5.74) is 3.56. The van der Waals surface area contributed by atoms with E-state index in [9.17, 15) is 34.8 Å². The lowest BCUT2D eigenvalue weighted by Crippen LogP contribution is -2.65. The van der Waals surface area contributed by atoms with E-state index < -0.39 is 58.0 Å². The fourth-order valence-corrected chi connectivity index (χ4v) is 6.17. The molecule has 11 heteroatoms. The second-order valence-electron chi connectivity index (χ2n) is 10.0. The van der Waals surface area contributed by atoms with E-state index in [1.165, 1.54) is 18.1 Å². The molecule has 0 spiro atoms. The third-order valence-corrected chi connectivity index (χ3v) is 7.86. The molecule has 1 aromatic heterocycles. The van der Waals surface area contributed by atoms with Gasteiger partial charge in [0.1, 0.15) is 22.8 Å². The molecule has 4 atom stereocenters. The Balaban J connectivity index is 1.72. The molecule has 11 nitrogen and oxygen atoms in total. The number of aromatic hydroxyl groups is 1. The molecule has 6 N–H and O–H groups in total. The highest BCUT2D eigenvalue weighted by molar-refractivity contribution is 6.24. The van der Waals surface area contributed by atoms with Gasteiger partial charge in [-0.2, -0.15) is 0 Å². The summed E-state index contributed by atoms with van der Waals surface area (Å²) in [4.78, 5) is 44.8. The Bertz CT molecular complexity index is 1460. The predicted octanol–water partition coefficient (Wildman–Crippen LogP) is 1.03. The number of benzene rings is 1. The standard InChI is InChI=1S/C27H27N3O8/c1-30(2)21-15-9-12-8-14-13(11-4-7-17(38-3)29-10-11)5-6-16(31)19(14)22(32)18(12)24(34)27(15,37)25(35)20(23(21)33)26(28)36/h4-7,10,12,15,21,31-32,35,37H,8-9H2,1-3H3,(H2,28,36)/t12-,15-,21-,27-/m0/s1. The Morgan fingerprint density at radius 2 is 1.87 bits per heavy atom. The van der Waals surface area contributed by atoms with E-state index in [0.717, 1.165) is 0 Å². The van der Waals surface area contributed by atoms with Crippen LogP contribution >= 0.6 is 0 Å². The first-order valence-electron chi connectivity index (χ1n) is 11.9. The molecule has 1 saturated carbocycles. The average Bonchev–Trinajstić information content (AvgIpc) is 2.86. The Morgan fingerprint density at radius 3 is 2.45 bits per heavy atom. The quantitative estimate of drug-likeness (QED) is 0.364. The summed E-state index contributed by atoms with van der Waals surface area (Å²) < 4.78 is 5.12. The van der Waals surface area contributed by atoms with E-state index in [0.29, 0.717) is 22.6 Å². The van der Waals surface area contributed by atoms with Crippen LogP contribution in [0.25, 0.3) is 16.9 Å². The second-order valence-corrected chi connectivity index (χ2v) is 10.0. The molecule has 1 fully saturated rings. The van der Waals surface area contributed by atoms with Gasteiger partial charge in [0.15, 0.2) is 11.4 Å². The van der Waals surface area contributed by atoms with Crippen LogP contribution in [0.3, 0.4) is 0 Å². The van der Waals surface area contributed by atoms with E-state index in [1.807, 2.05) is 0 Å². The maximum atomic E-state index is 13.9. The van der Waals surface area contributed by atoms with Crippen molar-refractivity contribution in [2.75, 3.05) is 21.2 Å². The normalized spacial score (nSPS) is 26.7. The molecule has 3 aliphatic rings. The highest BCUT2D eigenvalue weighted by atomic mass is 16.5. The number of phenols is 1. The van der Waals surface area contributed by atoms with Crippen molar-refractivity contribution in [1.29, 1.82) is 0 Å². The fourth-order valence-electron chi connectivity index (χ4n) is 6.17. The molecule has 1 heterocycles. The van der Waals surface area contributed by atoms with Gasteiger partial charge in [-0.15, -0.1) is 0 Å². The highest BCUT2D eigenvalue weighted by Gasteiger charge is 2.64. The zero-order valence-electron chi connectivity index (χ0n) is 20.9. The monoisotopic (exact) mass is 521 g/mol. The van der Waals surface area contributed by atoms with Crippen LogP contribution < -0.4 is 10.5 Å². The van der Waals surface area contributed by atoms with Gasteiger partial charge < -0.3 is 30.9 Å². The molecule has 0 saturated heterocycles. The number of hydrogen-bond donors (Lipinski definition) is 5. The minimum absolute atomic E-state index is 0.0156. The van der Waals surface area contributed by atoms with Crippen molar-refractivity contribution in [2.45, 2.75) is 24.5 Å². The number of aromatic nitrogens is 1. The van der Waals surface area contributed by atoms with Gasteiger partial charge in [-0.05, 0) is 56.1 Å². The number of phenolic OH excluding ortho intramolecular Hbond substituents is 1. The van der Waals surface area contributed by atoms with E-state index in [-0.39, 0.29) is 29.7 Å². The van der Waals surface area contributed by atoms with Crippen molar-refractivity contribution < 1.29 is 39.5 Å². The van der Waals surface area contributed by atoms with E-state index in [4.69, 9.17) is 10.5 Å². The molecule has 1 amide bonds. The number of methoxy groups -OCH3 is 1. The summed E-state index contributed by atoms with van der Waals surface area (Å²) in [7, 11) is 4.60. The van der Waals surface area contributed by atoms with Crippen LogP contribution in [0.2, 0.25) is 0 Å².